The molecule has 8 heteroatoms. The van der Waals surface area contributed by atoms with Gasteiger partial charge in [0.2, 0.25) is 0 Å². The number of rotatable bonds is 5. The molecular formula is C20H20N4O3S. The fraction of sp³-hybridized carbons (Fsp3) is 0.200. The number of benzene rings is 1. The Morgan fingerprint density at radius 2 is 1.96 bits per heavy atom. The van der Waals surface area contributed by atoms with Crippen molar-refractivity contribution in [2.75, 3.05) is 5.32 Å². The van der Waals surface area contributed by atoms with Crippen LogP contribution in [0.4, 0.5) is 5.00 Å². The molecule has 0 spiro atoms. The Labute approximate surface area is 166 Å². The Hall–Kier alpha value is -3.26. The van der Waals surface area contributed by atoms with Gasteiger partial charge in [0.1, 0.15) is 5.00 Å². The molecule has 1 amide bonds. The molecule has 1 N–H and O–H groups in total. The van der Waals surface area contributed by atoms with E-state index in [2.05, 4.69) is 14.8 Å². The molecule has 0 aliphatic heterocycles. The van der Waals surface area contributed by atoms with Crippen LogP contribution in [0.25, 0.3) is 10.9 Å². The number of Topliss-reactive ketones (excluding diaryl/α,β-unsaturated/α-hetero) is 1. The number of aromatic nitrogens is 3. The smallest absolute Gasteiger partial charge is 0.297 e. The molecule has 0 atom stereocenters. The zero-order valence-electron chi connectivity index (χ0n) is 14.7. The van der Waals surface area contributed by atoms with Gasteiger partial charge in [0.15, 0.2) is 5.76 Å². The molecule has 0 bridgehead atoms. The first-order valence-corrected chi connectivity index (χ1v) is 9.07. The maximum Gasteiger partial charge on any atom is 0.297 e. The largest absolute Gasteiger partial charge is 0.359 e. The van der Waals surface area contributed by atoms with Gasteiger partial charge in [-0.3, -0.25) is 9.59 Å². The van der Waals surface area contributed by atoms with Gasteiger partial charge in [0.05, 0.1) is 23.5 Å². The molecule has 0 aliphatic rings. The Morgan fingerprint density at radius 1 is 1.18 bits per heavy atom. The molecule has 3 heterocycles. The Kier molecular flexibility index (Phi) is 5.41. The number of carbonyl (C=O) groups excluding carboxylic acids is 2. The Morgan fingerprint density at radius 3 is 2.64 bits per heavy atom. The highest BCUT2D eigenvalue weighted by Crippen LogP contribution is 2.24. The minimum absolute atomic E-state index is 0. The summed E-state index contributed by atoms with van der Waals surface area (Å²) in [7, 11) is 0. The molecule has 144 valence electrons. The van der Waals surface area contributed by atoms with E-state index in [1.54, 1.807) is 12.3 Å². The van der Waals surface area contributed by atoms with Crippen LogP contribution in [0.1, 0.15) is 34.9 Å². The summed E-state index contributed by atoms with van der Waals surface area (Å²) in [4.78, 5) is 25.2. The van der Waals surface area contributed by atoms with E-state index in [1.807, 2.05) is 48.7 Å². The molecule has 0 fully saturated rings. The van der Waals surface area contributed by atoms with Crippen LogP contribution < -0.4 is 5.32 Å². The van der Waals surface area contributed by atoms with Gasteiger partial charge in [-0.05, 0) is 37.5 Å². The maximum atomic E-state index is 12.8. The van der Waals surface area contributed by atoms with Gasteiger partial charge in [-0.15, -0.1) is 0 Å². The lowest BCUT2D eigenvalue weighted by atomic mass is 10.1. The number of carbonyl (C=O) groups is 2. The molecular weight excluding hydrogens is 376 g/mol. The number of nitrogens with one attached hydrogen (secondary N) is 1. The monoisotopic (exact) mass is 396 g/mol. The summed E-state index contributed by atoms with van der Waals surface area (Å²) in [6, 6.07) is 11.0. The van der Waals surface area contributed by atoms with Gasteiger partial charge in [-0.25, -0.2) is 0 Å². The second-order valence-corrected chi connectivity index (χ2v) is 7.04. The number of hydrogen-bond acceptors (Lipinski definition) is 6. The molecule has 0 saturated heterocycles. The van der Waals surface area contributed by atoms with Crippen molar-refractivity contribution in [2.24, 2.45) is 0 Å². The van der Waals surface area contributed by atoms with Crippen LogP contribution in [0, 0.1) is 13.8 Å². The molecule has 3 aromatic heterocycles. The van der Waals surface area contributed by atoms with E-state index in [9.17, 15) is 9.59 Å². The predicted octanol–water partition coefficient (Wildman–Crippen LogP) is 4.21. The Balaban J connectivity index is 0.00000225. The van der Waals surface area contributed by atoms with Gasteiger partial charge in [-0.1, -0.05) is 30.8 Å². The summed E-state index contributed by atoms with van der Waals surface area (Å²) in [5, 5.41) is 7.77. The lowest BCUT2D eigenvalue weighted by Crippen LogP contribution is -2.22. The number of hydrogen-bond donors (Lipinski definition) is 1. The summed E-state index contributed by atoms with van der Waals surface area (Å²) < 4.78 is 11.3. The fourth-order valence-electron chi connectivity index (χ4n) is 2.93. The fourth-order valence-corrected chi connectivity index (χ4v) is 3.59. The molecule has 4 aromatic rings. The van der Waals surface area contributed by atoms with Crippen LogP contribution in [0.2, 0.25) is 0 Å². The number of nitrogens with zero attached hydrogens (tertiary/aromatic N) is 3. The van der Waals surface area contributed by atoms with Gasteiger partial charge in [0, 0.05) is 23.2 Å². The average Bonchev–Trinajstić information content (AvgIpc) is 3.35. The highest BCUT2D eigenvalue weighted by atomic mass is 32.1. The van der Waals surface area contributed by atoms with Gasteiger partial charge in [-0.2, -0.15) is 4.37 Å². The van der Waals surface area contributed by atoms with Crippen molar-refractivity contribution in [3.63, 3.8) is 0 Å². The standard InChI is InChI=1S/C19H16N4O3S.CH4/c1-11-7-13(26-21-11)9-23-10-15(14-5-3-4-6-16(14)23)18(24)19(25)20-17-8-12(2)22-27-17;/h3-8,10H,9H2,1-2H3,(H,20,25);1H4. The van der Waals surface area contributed by atoms with Crippen molar-refractivity contribution < 1.29 is 14.1 Å². The predicted molar refractivity (Wildman–Crippen MR) is 109 cm³/mol. The summed E-state index contributed by atoms with van der Waals surface area (Å²) in [5.41, 5.74) is 2.77. The molecule has 7 nitrogen and oxygen atoms in total. The third kappa shape index (κ3) is 3.72. The van der Waals surface area contributed by atoms with Crippen molar-refractivity contribution >= 4 is 39.1 Å². The Bertz CT molecular complexity index is 1160. The van der Waals surface area contributed by atoms with Crippen molar-refractivity contribution in [3.05, 3.63) is 65.3 Å². The summed E-state index contributed by atoms with van der Waals surface area (Å²) in [5.74, 6) is -0.598. The summed E-state index contributed by atoms with van der Waals surface area (Å²) in [6.07, 6.45) is 1.68. The molecule has 0 aliphatic carbocycles. The second-order valence-electron chi connectivity index (χ2n) is 6.24. The number of fused-ring (bicyclic) bond motifs is 1. The SMILES string of the molecule is C.Cc1cc(Cn2cc(C(=O)C(=O)Nc3cc(C)ns3)c3ccccc32)on1. The molecule has 0 radical (unpaired) electrons. The van der Waals surface area contributed by atoms with E-state index in [1.165, 1.54) is 0 Å². The zero-order valence-corrected chi connectivity index (χ0v) is 15.5. The first-order chi connectivity index (χ1) is 13.0. The van der Waals surface area contributed by atoms with E-state index in [0.717, 1.165) is 33.8 Å². The third-order valence-electron chi connectivity index (χ3n) is 4.11. The van der Waals surface area contributed by atoms with Crippen molar-refractivity contribution in [1.29, 1.82) is 0 Å². The number of anilines is 1. The molecule has 4 rings (SSSR count). The minimum atomic E-state index is -0.683. The van der Waals surface area contributed by atoms with Crippen molar-refractivity contribution in [2.45, 2.75) is 27.8 Å². The van der Waals surface area contributed by atoms with Crippen molar-refractivity contribution in [1.82, 2.24) is 14.1 Å². The van der Waals surface area contributed by atoms with Crippen LogP contribution in [-0.2, 0) is 11.3 Å². The van der Waals surface area contributed by atoms with E-state index < -0.39 is 11.7 Å². The lowest BCUT2D eigenvalue weighted by molar-refractivity contribution is -0.112. The summed E-state index contributed by atoms with van der Waals surface area (Å²) in [6.45, 7) is 4.10. The van der Waals surface area contributed by atoms with E-state index in [0.29, 0.717) is 22.9 Å². The third-order valence-corrected chi connectivity index (χ3v) is 4.90. The minimum Gasteiger partial charge on any atom is -0.359 e. The van der Waals surface area contributed by atoms with Crippen LogP contribution in [-0.4, -0.2) is 25.8 Å². The molecule has 0 saturated carbocycles. The van der Waals surface area contributed by atoms with Gasteiger partial charge >= 0.3 is 0 Å². The lowest BCUT2D eigenvalue weighted by Gasteiger charge is -2.01. The van der Waals surface area contributed by atoms with E-state index >= 15 is 0 Å². The van der Waals surface area contributed by atoms with Gasteiger partial charge < -0.3 is 14.4 Å². The molecule has 1 aromatic carbocycles. The number of para-hydroxylation sites is 1. The van der Waals surface area contributed by atoms with Crippen LogP contribution in [0.3, 0.4) is 0 Å². The van der Waals surface area contributed by atoms with Crippen LogP contribution >= 0.6 is 11.5 Å². The van der Waals surface area contributed by atoms with Crippen LogP contribution in [0.15, 0.2) is 47.1 Å². The normalized spacial score (nSPS) is 10.6. The highest BCUT2D eigenvalue weighted by molar-refractivity contribution is 7.10. The average molecular weight is 396 g/mol. The zero-order chi connectivity index (χ0) is 19.0. The second kappa shape index (κ2) is 7.77. The van der Waals surface area contributed by atoms with Crippen LogP contribution in [0.5, 0.6) is 0 Å². The number of amides is 1. The number of aryl methyl sites for hydroxylation is 2. The summed E-state index contributed by atoms with van der Waals surface area (Å²) >= 11 is 1.14. The quantitative estimate of drug-likeness (QED) is 0.403. The first-order valence-electron chi connectivity index (χ1n) is 8.30. The molecule has 0 unspecified atom stereocenters. The van der Waals surface area contributed by atoms with Gasteiger partial charge in [0.25, 0.3) is 11.7 Å². The topological polar surface area (TPSA) is 90.0 Å². The highest BCUT2D eigenvalue weighted by Gasteiger charge is 2.22. The van der Waals surface area contributed by atoms with E-state index in [4.69, 9.17) is 4.52 Å². The van der Waals surface area contributed by atoms with Crippen molar-refractivity contribution in [3.8, 4) is 0 Å². The molecule has 28 heavy (non-hydrogen) atoms. The maximum absolute atomic E-state index is 12.8. The number of ketones is 1. The van der Waals surface area contributed by atoms with E-state index in [-0.39, 0.29) is 7.43 Å². The first kappa shape index (κ1) is 19.5.